The van der Waals surface area contributed by atoms with Crippen LogP contribution in [0.3, 0.4) is 0 Å². The van der Waals surface area contributed by atoms with E-state index in [0.717, 1.165) is 11.3 Å². The van der Waals surface area contributed by atoms with Gasteiger partial charge in [-0.15, -0.1) is 0 Å². The molecule has 2 rings (SSSR count). The van der Waals surface area contributed by atoms with Gasteiger partial charge in [-0.05, 0) is 50.3 Å². The smallest absolute Gasteiger partial charge is 0.227 e. The highest BCUT2D eigenvalue weighted by atomic mass is 16.1. The van der Waals surface area contributed by atoms with E-state index in [4.69, 9.17) is 11.0 Å². The third-order valence-corrected chi connectivity index (χ3v) is 3.76. The van der Waals surface area contributed by atoms with E-state index in [-0.39, 0.29) is 11.8 Å². The number of nitrogens with zero attached hydrogens (tertiary/aromatic N) is 1. The number of benzene rings is 1. The van der Waals surface area contributed by atoms with Gasteiger partial charge in [-0.3, -0.25) is 4.79 Å². The first-order valence-electron chi connectivity index (χ1n) is 6.60. The number of rotatable bonds is 2. The summed E-state index contributed by atoms with van der Waals surface area (Å²) in [6.45, 7) is 1.99. The molecule has 19 heavy (non-hydrogen) atoms. The zero-order valence-corrected chi connectivity index (χ0v) is 11.1. The van der Waals surface area contributed by atoms with Crippen molar-refractivity contribution in [2.45, 2.75) is 38.1 Å². The van der Waals surface area contributed by atoms with Gasteiger partial charge >= 0.3 is 0 Å². The Bertz CT molecular complexity index is 510. The summed E-state index contributed by atoms with van der Waals surface area (Å²) in [5.41, 5.74) is 7.11. The van der Waals surface area contributed by atoms with Crippen LogP contribution in [-0.2, 0) is 4.79 Å². The van der Waals surface area contributed by atoms with E-state index >= 15 is 0 Å². The van der Waals surface area contributed by atoms with Crippen LogP contribution < -0.4 is 11.1 Å². The van der Waals surface area contributed by atoms with E-state index in [2.05, 4.69) is 11.4 Å². The lowest BCUT2D eigenvalue weighted by Gasteiger charge is -2.30. The number of hydrogen-bond donors (Lipinski definition) is 2. The molecule has 0 unspecified atom stereocenters. The SMILES string of the molecule is Cc1cccc(NC(=O)C2CCC(N)(C#N)CC2)c1. The van der Waals surface area contributed by atoms with Crippen LogP contribution in [0.5, 0.6) is 0 Å². The molecule has 1 saturated carbocycles. The molecule has 1 aromatic carbocycles. The minimum Gasteiger partial charge on any atom is -0.326 e. The topological polar surface area (TPSA) is 78.9 Å². The molecule has 1 aliphatic carbocycles. The number of amides is 1. The van der Waals surface area contributed by atoms with Crippen molar-refractivity contribution in [1.82, 2.24) is 0 Å². The Morgan fingerprint density at radius 2 is 2.16 bits per heavy atom. The molecule has 1 aliphatic rings. The van der Waals surface area contributed by atoms with Crippen LogP contribution in [0.25, 0.3) is 0 Å². The second-order valence-corrected chi connectivity index (χ2v) is 5.40. The van der Waals surface area contributed by atoms with Crippen molar-refractivity contribution < 1.29 is 4.79 Å². The number of nitriles is 1. The Balaban J connectivity index is 1.94. The lowest BCUT2D eigenvalue weighted by atomic mass is 9.77. The zero-order chi connectivity index (χ0) is 13.9. The maximum absolute atomic E-state index is 12.1. The summed E-state index contributed by atoms with van der Waals surface area (Å²) >= 11 is 0. The molecule has 3 N–H and O–H groups in total. The molecule has 1 fully saturated rings. The van der Waals surface area contributed by atoms with Crippen LogP contribution in [-0.4, -0.2) is 11.4 Å². The predicted octanol–water partition coefficient (Wildman–Crippen LogP) is 2.34. The first-order valence-corrected chi connectivity index (χ1v) is 6.60. The second-order valence-electron chi connectivity index (χ2n) is 5.40. The van der Waals surface area contributed by atoms with Gasteiger partial charge in [0.15, 0.2) is 0 Å². The van der Waals surface area contributed by atoms with E-state index in [9.17, 15) is 4.79 Å². The van der Waals surface area contributed by atoms with E-state index in [1.807, 2.05) is 31.2 Å². The molecule has 1 aromatic rings. The van der Waals surface area contributed by atoms with Gasteiger partial charge in [0.25, 0.3) is 0 Å². The summed E-state index contributed by atoms with van der Waals surface area (Å²) in [5, 5.41) is 11.9. The zero-order valence-electron chi connectivity index (χ0n) is 11.1. The normalized spacial score (nSPS) is 26.5. The van der Waals surface area contributed by atoms with Gasteiger partial charge in [-0.25, -0.2) is 0 Å². The van der Waals surface area contributed by atoms with Crippen LogP contribution in [0, 0.1) is 24.2 Å². The highest BCUT2D eigenvalue weighted by Crippen LogP contribution is 2.30. The quantitative estimate of drug-likeness (QED) is 0.853. The van der Waals surface area contributed by atoms with Gasteiger partial charge in [-0.2, -0.15) is 5.26 Å². The van der Waals surface area contributed by atoms with E-state index < -0.39 is 5.54 Å². The van der Waals surface area contributed by atoms with Crippen LogP contribution in [0.2, 0.25) is 0 Å². The molecule has 0 bridgehead atoms. The molecule has 100 valence electrons. The van der Waals surface area contributed by atoms with E-state index in [1.54, 1.807) is 0 Å². The molecule has 4 heteroatoms. The average molecular weight is 257 g/mol. The highest BCUT2D eigenvalue weighted by Gasteiger charge is 2.34. The molecular formula is C15H19N3O. The molecule has 0 saturated heterocycles. The summed E-state index contributed by atoms with van der Waals surface area (Å²) < 4.78 is 0. The molecule has 0 radical (unpaired) electrons. The minimum absolute atomic E-state index is 0.0330. The third kappa shape index (κ3) is 3.33. The summed E-state index contributed by atoms with van der Waals surface area (Å²) in [5.74, 6) is -0.00359. The molecule has 0 spiro atoms. The van der Waals surface area contributed by atoms with Crippen molar-refractivity contribution in [3.05, 3.63) is 29.8 Å². The lowest BCUT2D eigenvalue weighted by Crippen LogP contribution is -2.43. The highest BCUT2D eigenvalue weighted by molar-refractivity contribution is 5.92. The van der Waals surface area contributed by atoms with Crippen molar-refractivity contribution in [1.29, 1.82) is 5.26 Å². The second kappa shape index (κ2) is 5.41. The van der Waals surface area contributed by atoms with Gasteiger partial charge in [0.2, 0.25) is 5.91 Å². The molecular weight excluding hydrogens is 238 g/mol. The first-order chi connectivity index (χ1) is 9.02. The Hall–Kier alpha value is -1.86. The average Bonchev–Trinajstić information content (AvgIpc) is 2.39. The fraction of sp³-hybridized carbons (Fsp3) is 0.467. The van der Waals surface area contributed by atoms with Crippen LogP contribution in [0.4, 0.5) is 5.69 Å². The summed E-state index contributed by atoms with van der Waals surface area (Å²) in [6, 6.07) is 9.89. The number of aryl methyl sites for hydroxylation is 1. The Morgan fingerprint density at radius 1 is 1.47 bits per heavy atom. The van der Waals surface area contributed by atoms with Crippen molar-refractivity contribution in [2.75, 3.05) is 5.32 Å². The minimum atomic E-state index is -0.736. The molecule has 0 heterocycles. The van der Waals surface area contributed by atoms with Crippen molar-refractivity contribution in [3.8, 4) is 6.07 Å². The van der Waals surface area contributed by atoms with Gasteiger partial charge in [0.1, 0.15) is 5.54 Å². The molecule has 0 atom stereocenters. The van der Waals surface area contributed by atoms with Crippen molar-refractivity contribution in [2.24, 2.45) is 11.7 Å². The Labute approximate surface area is 113 Å². The molecule has 1 amide bonds. The largest absolute Gasteiger partial charge is 0.326 e. The maximum Gasteiger partial charge on any atom is 0.227 e. The Morgan fingerprint density at radius 3 is 2.74 bits per heavy atom. The summed E-state index contributed by atoms with van der Waals surface area (Å²) in [7, 11) is 0. The van der Waals surface area contributed by atoms with Crippen molar-refractivity contribution >= 4 is 11.6 Å². The first kappa shape index (κ1) is 13.6. The van der Waals surface area contributed by atoms with Gasteiger partial charge in [0, 0.05) is 11.6 Å². The van der Waals surface area contributed by atoms with E-state index in [0.29, 0.717) is 25.7 Å². The monoisotopic (exact) mass is 257 g/mol. The van der Waals surface area contributed by atoms with Crippen LogP contribution >= 0.6 is 0 Å². The van der Waals surface area contributed by atoms with E-state index in [1.165, 1.54) is 0 Å². The van der Waals surface area contributed by atoms with Crippen LogP contribution in [0.15, 0.2) is 24.3 Å². The number of carbonyl (C=O) groups is 1. The maximum atomic E-state index is 12.1. The Kier molecular flexibility index (Phi) is 3.87. The number of carbonyl (C=O) groups excluding carboxylic acids is 1. The number of anilines is 1. The van der Waals surface area contributed by atoms with Gasteiger partial charge < -0.3 is 11.1 Å². The van der Waals surface area contributed by atoms with Crippen molar-refractivity contribution in [3.63, 3.8) is 0 Å². The van der Waals surface area contributed by atoms with Gasteiger partial charge in [-0.1, -0.05) is 12.1 Å². The third-order valence-electron chi connectivity index (χ3n) is 3.76. The fourth-order valence-electron chi connectivity index (χ4n) is 2.47. The fourth-order valence-corrected chi connectivity index (χ4v) is 2.47. The number of nitrogens with two attached hydrogens (primary N) is 1. The lowest BCUT2D eigenvalue weighted by molar-refractivity contribution is -0.120. The standard InChI is InChI=1S/C15H19N3O/c1-11-3-2-4-13(9-11)18-14(19)12-5-7-15(17,10-16)8-6-12/h2-4,9,12H,5-8,17H2,1H3,(H,18,19). The summed E-state index contributed by atoms with van der Waals surface area (Å²) in [6.07, 6.45) is 2.55. The number of nitrogens with one attached hydrogen (secondary N) is 1. The van der Waals surface area contributed by atoms with Crippen LogP contribution in [0.1, 0.15) is 31.2 Å². The summed E-state index contributed by atoms with van der Waals surface area (Å²) in [4.78, 5) is 12.1. The number of hydrogen-bond acceptors (Lipinski definition) is 3. The molecule has 4 nitrogen and oxygen atoms in total. The predicted molar refractivity (Wildman–Crippen MR) is 74.3 cm³/mol. The molecule has 0 aliphatic heterocycles. The van der Waals surface area contributed by atoms with Gasteiger partial charge in [0.05, 0.1) is 6.07 Å². The molecule has 0 aromatic heterocycles.